The lowest BCUT2D eigenvalue weighted by Gasteiger charge is -2.18. The zero-order valence-electron chi connectivity index (χ0n) is 14.9. The highest BCUT2D eigenvalue weighted by molar-refractivity contribution is 5.92. The van der Waals surface area contributed by atoms with E-state index in [1.54, 1.807) is 36.8 Å². The molecule has 28 heavy (non-hydrogen) atoms. The molecule has 4 rings (SSSR count). The molecule has 0 radical (unpaired) electrons. The van der Waals surface area contributed by atoms with Gasteiger partial charge < -0.3 is 10.6 Å². The summed E-state index contributed by atoms with van der Waals surface area (Å²) >= 11 is 0. The predicted octanol–water partition coefficient (Wildman–Crippen LogP) is 4.59. The Morgan fingerprint density at radius 1 is 1.11 bits per heavy atom. The van der Waals surface area contributed by atoms with E-state index in [2.05, 4.69) is 25.6 Å². The van der Waals surface area contributed by atoms with Crippen LogP contribution in [0.15, 0.2) is 65.0 Å². The van der Waals surface area contributed by atoms with Gasteiger partial charge >= 0.3 is 6.18 Å². The molecule has 1 aliphatic rings. The average Bonchev–Trinajstić information content (AvgIpc) is 2.69. The van der Waals surface area contributed by atoms with Gasteiger partial charge in [0.1, 0.15) is 11.3 Å². The molecule has 2 N–H and O–H groups in total. The Balaban J connectivity index is 1.88. The molecule has 0 atom stereocenters. The minimum atomic E-state index is -4.48. The zero-order chi connectivity index (χ0) is 19.7. The number of pyridine rings is 2. The fourth-order valence-electron chi connectivity index (χ4n) is 3.02. The number of rotatable bonds is 3. The second-order valence-corrected chi connectivity index (χ2v) is 6.37. The molecule has 0 bridgehead atoms. The highest BCUT2D eigenvalue weighted by Gasteiger charge is 2.33. The largest absolute Gasteiger partial charge is 0.417 e. The third-order valence-corrected chi connectivity index (χ3v) is 4.39. The Bertz CT molecular complexity index is 1100. The van der Waals surface area contributed by atoms with Gasteiger partial charge in [-0.2, -0.15) is 13.2 Å². The van der Waals surface area contributed by atoms with Gasteiger partial charge in [-0.25, -0.2) is 4.98 Å². The summed E-state index contributed by atoms with van der Waals surface area (Å²) in [5, 5.41) is 6.86. The Kier molecular flexibility index (Phi) is 4.46. The number of halogens is 3. The monoisotopic (exact) mass is 383 g/mol. The molecule has 3 aromatic rings. The van der Waals surface area contributed by atoms with Crippen molar-refractivity contribution in [1.29, 1.82) is 0 Å². The highest BCUT2D eigenvalue weighted by atomic mass is 19.4. The van der Waals surface area contributed by atoms with Crippen LogP contribution in [0.4, 0.5) is 19.0 Å². The van der Waals surface area contributed by atoms with Crippen LogP contribution in [0.2, 0.25) is 0 Å². The first-order valence-electron chi connectivity index (χ1n) is 8.57. The summed E-state index contributed by atoms with van der Waals surface area (Å²) in [5.74, 6) is 1.07. The number of alkyl halides is 3. The SMILES string of the molecule is CC1=C(Nc2nc(-c3ccccc3C(F)(F)F)cc3cccnc23)NC=NC1. The quantitative estimate of drug-likeness (QED) is 0.694. The van der Waals surface area contributed by atoms with Crippen LogP contribution in [0, 0.1) is 0 Å². The van der Waals surface area contributed by atoms with E-state index < -0.39 is 11.7 Å². The smallest absolute Gasteiger partial charge is 0.333 e. The van der Waals surface area contributed by atoms with Gasteiger partial charge in [-0.1, -0.05) is 24.3 Å². The van der Waals surface area contributed by atoms with Gasteiger partial charge in [-0.3, -0.25) is 9.98 Å². The Morgan fingerprint density at radius 3 is 2.71 bits per heavy atom. The molecular weight excluding hydrogens is 367 g/mol. The summed E-state index contributed by atoms with van der Waals surface area (Å²) in [6.07, 6.45) is -1.29. The number of fused-ring (bicyclic) bond motifs is 1. The van der Waals surface area contributed by atoms with E-state index in [-0.39, 0.29) is 11.3 Å². The topological polar surface area (TPSA) is 62.2 Å². The summed E-state index contributed by atoms with van der Waals surface area (Å²) in [4.78, 5) is 12.9. The van der Waals surface area contributed by atoms with Crippen molar-refractivity contribution < 1.29 is 13.2 Å². The van der Waals surface area contributed by atoms with Crippen molar-refractivity contribution in [2.75, 3.05) is 11.9 Å². The third kappa shape index (κ3) is 3.40. The maximum Gasteiger partial charge on any atom is 0.417 e. The normalized spacial score (nSPS) is 14.3. The van der Waals surface area contributed by atoms with Crippen LogP contribution < -0.4 is 10.6 Å². The second kappa shape index (κ2) is 6.95. The molecule has 0 amide bonds. The lowest BCUT2D eigenvalue weighted by Crippen LogP contribution is -2.24. The molecule has 8 heteroatoms. The van der Waals surface area contributed by atoms with E-state index in [1.165, 1.54) is 12.1 Å². The van der Waals surface area contributed by atoms with Gasteiger partial charge in [0, 0.05) is 17.1 Å². The van der Waals surface area contributed by atoms with Crippen molar-refractivity contribution in [3.63, 3.8) is 0 Å². The minimum Gasteiger partial charge on any atom is -0.333 e. The van der Waals surface area contributed by atoms with Crippen LogP contribution in [-0.2, 0) is 6.18 Å². The maximum absolute atomic E-state index is 13.5. The van der Waals surface area contributed by atoms with Crippen molar-refractivity contribution in [3.05, 3.63) is 65.6 Å². The molecule has 2 aromatic heterocycles. The number of anilines is 1. The minimum absolute atomic E-state index is 0.0210. The molecule has 0 fully saturated rings. The van der Waals surface area contributed by atoms with Crippen LogP contribution in [0.5, 0.6) is 0 Å². The van der Waals surface area contributed by atoms with Gasteiger partial charge in [-0.15, -0.1) is 0 Å². The second-order valence-electron chi connectivity index (χ2n) is 6.37. The summed E-state index contributed by atoms with van der Waals surface area (Å²) in [6.45, 7) is 2.43. The van der Waals surface area contributed by atoms with E-state index >= 15 is 0 Å². The first-order valence-corrected chi connectivity index (χ1v) is 8.57. The average molecular weight is 383 g/mol. The molecule has 0 aliphatic carbocycles. The molecule has 0 saturated carbocycles. The van der Waals surface area contributed by atoms with Crippen LogP contribution in [0.1, 0.15) is 12.5 Å². The van der Waals surface area contributed by atoms with Gasteiger partial charge in [0.25, 0.3) is 0 Å². The van der Waals surface area contributed by atoms with E-state index in [0.717, 1.165) is 11.6 Å². The van der Waals surface area contributed by atoms with Crippen LogP contribution in [0.25, 0.3) is 22.2 Å². The van der Waals surface area contributed by atoms with Gasteiger partial charge in [0.2, 0.25) is 0 Å². The van der Waals surface area contributed by atoms with Crippen molar-refractivity contribution in [1.82, 2.24) is 15.3 Å². The number of nitrogens with one attached hydrogen (secondary N) is 2. The Labute approximate surface area is 159 Å². The Hall–Kier alpha value is -3.42. The fourth-order valence-corrected chi connectivity index (χ4v) is 3.02. The molecule has 0 unspecified atom stereocenters. The molecule has 0 saturated heterocycles. The number of hydrogen-bond acceptors (Lipinski definition) is 5. The van der Waals surface area contributed by atoms with Crippen molar-refractivity contribution in [3.8, 4) is 11.3 Å². The number of nitrogens with zero attached hydrogens (tertiary/aromatic N) is 3. The molecule has 0 spiro atoms. The van der Waals surface area contributed by atoms with Gasteiger partial charge in [0.05, 0.1) is 24.1 Å². The lowest BCUT2D eigenvalue weighted by atomic mass is 10.0. The van der Waals surface area contributed by atoms with Crippen LogP contribution in [0.3, 0.4) is 0 Å². The molecule has 5 nitrogen and oxygen atoms in total. The number of aliphatic imine (C=N–C) groups is 1. The molecule has 1 aromatic carbocycles. The summed E-state index contributed by atoms with van der Waals surface area (Å²) in [7, 11) is 0. The summed E-state index contributed by atoms with van der Waals surface area (Å²) in [5.41, 5.74) is 1.04. The van der Waals surface area contributed by atoms with Gasteiger partial charge in [0.15, 0.2) is 5.82 Å². The zero-order valence-corrected chi connectivity index (χ0v) is 14.9. The summed E-state index contributed by atoms with van der Waals surface area (Å²) < 4.78 is 40.5. The lowest BCUT2D eigenvalue weighted by molar-refractivity contribution is -0.137. The van der Waals surface area contributed by atoms with Crippen molar-refractivity contribution >= 4 is 23.1 Å². The van der Waals surface area contributed by atoms with E-state index in [4.69, 9.17) is 0 Å². The predicted molar refractivity (Wildman–Crippen MR) is 103 cm³/mol. The number of aromatic nitrogens is 2. The standard InChI is InChI=1S/C20H16F3N5/c1-12-10-24-11-26-18(12)28-19-17-13(5-4-8-25-17)9-16(27-19)14-6-2-3-7-15(14)20(21,22)23/h2-9,11H,10H2,1H3,(H,24,26)(H,27,28). The third-order valence-electron chi connectivity index (χ3n) is 4.39. The van der Waals surface area contributed by atoms with Gasteiger partial charge in [-0.05, 0) is 30.7 Å². The molecule has 3 heterocycles. The summed E-state index contributed by atoms with van der Waals surface area (Å²) in [6, 6.07) is 10.6. The van der Waals surface area contributed by atoms with E-state index in [9.17, 15) is 13.2 Å². The Morgan fingerprint density at radius 2 is 1.93 bits per heavy atom. The number of benzene rings is 1. The van der Waals surface area contributed by atoms with Crippen molar-refractivity contribution in [2.45, 2.75) is 13.1 Å². The first-order chi connectivity index (χ1) is 13.4. The van der Waals surface area contributed by atoms with Crippen LogP contribution >= 0.6 is 0 Å². The number of hydrogen-bond donors (Lipinski definition) is 2. The molecular formula is C20H16F3N5. The first kappa shape index (κ1) is 18.0. The molecule has 142 valence electrons. The highest BCUT2D eigenvalue weighted by Crippen LogP contribution is 2.37. The van der Waals surface area contributed by atoms with Crippen LogP contribution in [-0.4, -0.2) is 22.9 Å². The fraction of sp³-hybridized carbons (Fsp3) is 0.150. The maximum atomic E-state index is 13.5. The molecule has 1 aliphatic heterocycles. The van der Waals surface area contributed by atoms with E-state index in [0.29, 0.717) is 29.1 Å². The van der Waals surface area contributed by atoms with Crippen molar-refractivity contribution in [2.24, 2.45) is 4.99 Å². The van der Waals surface area contributed by atoms with E-state index in [1.807, 2.05) is 6.92 Å².